The average Bonchev–Trinajstić information content (AvgIpc) is 2.90. The minimum atomic E-state index is 0. The summed E-state index contributed by atoms with van der Waals surface area (Å²) >= 11 is 0. The molecule has 108 valence electrons. The Morgan fingerprint density at radius 1 is 1.21 bits per heavy atom. The Kier molecular flexibility index (Phi) is 7.24. The van der Waals surface area contributed by atoms with Crippen molar-refractivity contribution in [3.05, 3.63) is 23.8 Å². The molecule has 1 aromatic carbocycles. The Bertz CT molecular complexity index is 378. The predicted molar refractivity (Wildman–Crippen MR) is 83.6 cm³/mol. The molecule has 1 N–H and O–H groups in total. The molecular formula is C15H24BrNO2. The number of methoxy groups -OCH3 is 1. The van der Waals surface area contributed by atoms with E-state index in [1.807, 2.05) is 13.0 Å². The number of halogens is 1. The molecule has 2 rings (SSSR count). The lowest BCUT2D eigenvalue weighted by atomic mass is 10.1. The summed E-state index contributed by atoms with van der Waals surface area (Å²) < 4.78 is 10.9. The van der Waals surface area contributed by atoms with Gasteiger partial charge >= 0.3 is 0 Å². The van der Waals surface area contributed by atoms with E-state index in [4.69, 9.17) is 9.47 Å². The van der Waals surface area contributed by atoms with E-state index < -0.39 is 0 Å². The van der Waals surface area contributed by atoms with Crippen LogP contribution in [0, 0.1) is 0 Å². The summed E-state index contributed by atoms with van der Waals surface area (Å²) in [6, 6.07) is 6.85. The fraction of sp³-hybridized carbons (Fsp3) is 0.600. The largest absolute Gasteiger partial charge is 0.493 e. The number of rotatable bonds is 6. The molecule has 0 bridgehead atoms. The minimum absolute atomic E-state index is 0. The Morgan fingerprint density at radius 3 is 2.58 bits per heavy atom. The molecule has 1 saturated carbocycles. The van der Waals surface area contributed by atoms with Crippen molar-refractivity contribution in [3.8, 4) is 11.5 Å². The van der Waals surface area contributed by atoms with Crippen molar-refractivity contribution in [1.29, 1.82) is 0 Å². The lowest BCUT2D eigenvalue weighted by Crippen LogP contribution is -2.25. The van der Waals surface area contributed by atoms with Gasteiger partial charge in [-0.2, -0.15) is 0 Å². The van der Waals surface area contributed by atoms with Crippen molar-refractivity contribution in [2.45, 2.75) is 45.2 Å². The van der Waals surface area contributed by atoms with Crippen LogP contribution in [0.4, 0.5) is 0 Å². The van der Waals surface area contributed by atoms with E-state index >= 15 is 0 Å². The third-order valence-electron chi connectivity index (χ3n) is 3.48. The normalized spacial score (nSPS) is 15.1. The predicted octanol–water partition coefficient (Wildman–Crippen LogP) is 3.70. The minimum Gasteiger partial charge on any atom is -0.493 e. The first kappa shape index (κ1) is 16.3. The van der Waals surface area contributed by atoms with E-state index in [2.05, 4.69) is 17.4 Å². The standard InChI is InChI=1S/C15H23NO2.BrH/c1-3-18-15-10-12(8-9-14(15)17-2)11-16-13-6-4-5-7-13;/h8-10,13,16H,3-7,11H2,1-2H3;1H. The van der Waals surface area contributed by atoms with Gasteiger partial charge in [-0.25, -0.2) is 0 Å². The highest BCUT2D eigenvalue weighted by Gasteiger charge is 2.14. The Morgan fingerprint density at radius 2 is 1.95 bits per heavy atom. The van der Waals surface area contributed by atoms with E-state index in [0.717, 1.165) is 18.0 Å². The zero-order valence-corrected chi connectivity index (χ0v) is 13.5. The summed E-state index contributed by atoms with van der Waals surface area (Å²) in [5, 5.41) is 3.61. The Balaban J connectivity index is 0.00000180. The van der Waals surface area contributed by atoms with Gasteiger partial charge < -0.3 is 14.8 Å². The van der Waals surface area contributed by atoms with E-state index in [0.29, 0.717) is 12.6 Å². The molecule has 1 aliphatic carbocycles. The van der Waals surface area contributed by atoms with E-state index in [-0.39, 0.29) is 17.0 Å². The SMILES string of the molecule is Br.CCOc1cc(CNC2CCCC2)ccc1OC. The second-order valence-electron chi connectivity index (χ2n) is 4.78. The second kappa shape index (κ2) is 8.43. The maximum absolute atomic E-state index is 5.59. The molecule has 1 aliphatic rings. The van der Waals surface area contributed by atoms with Crippen molar-refractivity contribution >= 4 is 17.0 Å². The highest BCUT2D eigenvalue weighted by molar-refractivity contribution is 8.93. The number of benzene rings is 1. The van der Waals surface area contributed by atoms with Crippen molar-refractivity contribution in [2.24, 2.45) is 0 Å². The van der Waals surface area contributed by atoms with Gasteiger partial charge in [0.1, 0.15) is 0 Å². The monoisotopic (exact) mass is 329 g/mol. The highest BCUT2D eigenvalue weighted by atomic mass is 79.9. The molecule has 0 radical (unpaired) electrons. The van der Waals surface area contributed by atoms with E-state index in [1.165, 1.54) is 31.2 Å². The summed E-state index contributed by atoms with van der Waals surface area (Å²) in [5.74, 6) is 1.65. The highest BCUT2D eigenvalue weighted by Crippen LogP contribution is 2.28. The van der Waals surface area contributed by atoms with Gasteiger partial charge in [0, 0.05) is 12.6 Å². The van der Waals surface area contributed by atoms with Crippen molar-refractivity contribution in [3.63, 3.8) is 0 Å². The van der Waals surface area contributed by atoms with Crippen molar-refractivity contribution in [2.75, 3.05) is 13.7 Å². The summed E-state index contributed by atoms with van der Waals surface area (Å²) in [7, 11) is 1.67. The molecule has 0 unspecified atom stereocenters. The van der Waals surface area contributed by atoms with Gasteiger partial charge in [0.25, 0.3) is 0 Å². The summed E-state index contributed by atoms with van der Waals surface area (Å²) in [6.07, 6.45) is 5.36. The fourth-order valence-corrected chi connectivity index (χ4v) is 2.49. The molecule has 1 fully saturated rings. The molecule has 0 amide bonds. The van der Waals surface area contributed by atoms with Crippen LogP contribution in [-0.2, 0) is 6.54 Å². The van der Waals surface area contributed by atoms with Gasteiger partial charge in [-0.3, -0.25) is 0 Å². The van der Waals surface area contributed by atoms with Gasteiger partial charge in [0.05, 0.1) is 13.7 Å². The molecule has 0 atom stereocenters. The van der Waals surface area contributed by atoms with Gasteiger partial charge in [-0.05, 0) is 37.5 Å². The van der Waals surface area contributed by atoms with Crippen LogP contribution < -0.4 is 14.8 Å². The zero-order valence-electron chi connectivity index (χ0n) is 11.8. The second-order valence-corrected chi connectivity index (χ2v) is 4.78. The van der Waals surface area contributed by atoms with Crippen LogP contribution in [0.15, 0.2) is 18.2 Å². The quantitative estimate of drug-likeness (QED) is 0.863. The molecule has 0 heterocycles. The first-order chi connectivity index (χ1) is 8.83. The first-order valence-electron chi connectivity index (χ1n) is 6.86. The fourth-order valence-electron chi connectivity index (χ4n) is 2.49. The average molecular weight is 330 g/mol. The van der Waals surface area contributed by atoms with Crippen molar-refractivity contribution in [1.82, 2.24) is 5.32 Å². The van der Waals surface area contributed by atoms with Crippen LogP contribution in [0.1, 0.15) is 38.2 Å². The molecule has 0 saturated heterocycles. The maximum atomic E-state index is 5.59. The summed E-state index contributed by atoms with van der Waals surface area (Å²) in [5.41, 5.74) is 1.26. The Labute approximate surface area is 126 Å². The molecule has 1 aromatic rings. The molecule has 0 spiro atoms. The Hall–Kier alpha value is -0.740. The number of nitrogens with one attached hydrogen (secondary N) is 1. The topological polar surface area (TPSA) is 30.5 Å². The van der Waals surface area contributed by atoms with Gasteiger partial charge in [-0.15, -0.1) is 17.0 Å². The van der Waals surface area contributed by atoms with Gasteiger partial charge in [0.2, 0.25) is 0 Å². The zero-order chi connectivity index (χ0) is 12.8. The number of hydrogen-bond acceptors (Lipinski definition) is 3. The van der Waals surface area contributed by atoms with Crippen molar-refractivity contribution < 1.29 is 9.47 Å². The third-order valence-corrected chi connectivity index (χ3v) is 3.48. The van der Waals surface area contributed by atoms with Crippen LogP contribution in [0.5, 0.6) is 11.5 Å². The molecule has 4 heteroatoms. The molecule has 0 aliphatic heterocycles. The molecule has 3 nitrogen and oxygen atoms in total. The van der Waals surface area contributed by atoms with Crippen LogP contribution in [-0.4, -0.2) is 19.8 Å². The van der Waals surface area contributed by atoms with E-state index in [9.17, 15) is 0 Å². The summed E-state index contributed by atoms with van der Waals surface area (Å²) in [4.78, 5) is 0. The third kappa shape index (κ3) is 4.69. The lowest BCUT2D eigenvalue weighted by Gasteiger charge is -2.14. The van der Waals surface area contributed by atoms with Crippen LogP contribution in [0.3, 0.4) is 0 Å². The first-order valence-corrected chi connectivity index (χ1v) is 6.86. The lowest BCUT2D eigenvalue weighted by molar-refractivity contribution is 0.310. The van der Waals surface area contributed by atoms with Crippen LogP contribution >= 0.6 is 17.0 Å². The summed E-state index contributed by atoms with van der Waals surface area (Å²) in [6.45, 7) is 3.56. The molecule has 19 heavy (non-hydrogen) atoms. The number of hydrogen-bond donors (Lipinski definition) is 1. The molecular weight excluding hydrogens is 306 g/mol. The van der Waals surface area contributed by atoms with Gasteiger partial charge in [-0.1, -0.05) is 18.9 Å². The van der Waals surface area contributed by atoms with E-state index in [1.54, 1.807) is 7.11 Å². The van der Waals surface area contributed by atoms with Crippen LogP contribution in [0.25, 0.3) is 0 Å². The molecule has 0 aromatic heterocycles. The maximum Gasteiger partial charge on any atom is 0.161 e. The number of ether oxygens (including phenoxy) is 2. The van der Waals surface area contributed by atoms with Crippen LogP contribution in [0.2, 0.25) is 0 Å². The van der Waals surface area contributed by atoms with Gasteiger partial charge in [0.15, 0.2) is 11.5 Å². The smallest absolute Gasteiger partial charge is 0.161 e.